The van der Waals surface area contributed by atoms with Crippen molar-refractivity contribution < 1.29 is 6.22 Å². The van der Waals surface area contributed by atoms with Crippen LogP contribution in [0.3, 0.4) is 0 Å². The average Bonchev–Trinajstić information content (AvgIpc) is 2.59. The minimum atomic E-state index is 0. The lowest BCUT2D eigenvalue weighted by molar-refractivity contribution is 0.179. The van der Waals surface area contributed by atoms with Crippen LogP contribution >= 0.6 is 0 Å². The van der Waals surface area contributed by atoms with Gasteiger partial charge in [-0.2, -0.15) is 0 Å². The molecule has 6 nitrogen and oxygen atoms in total. The summed E-state index contributed by atoms with van der Waals surface area (Å²) in [6.07, 6.45) is 8.84. The van der Waals surface area contributed by atoms with Crippen molar-refractivity contribution in [2.45, 2.75) is 45.1 Å². The summed E-state index contributed by atoms with van der Waals surface area (Å²) in [7, 11) is 1.90. The van der Waals surface area contributed by atoms with E-state index in [0.29, 0.717) is 6.04 Å². The standard InChI is InChI=1S/C16H27N5O.H2/c1-3-4-5-9-19-16(22)20(2)14-7-12-21(13-8-14)15-17-10-6-11-18-15;/h6,10-11,14H,3-5,7-9,12-13H2,1-2H3,(H,19,22);1H. The number of nitrogens with zero attached hydrogens (tertiary/aromatic N) is 4. The van der Waals surface area contributed by atoms with Crippen molar-refractivity contribution in [2.75, 3.05) is 31.6 Å². The maximum atomic E-state index is 12.1. The molecule has 0 atom stereocenters. The summed E-state index contributed by atoms with van der Waals surface area (Å²) in [5.41, 5.74) is 0. The Morgan fingerprint density at radius 1 is 1.36 bits per heavy atom. The molecule has 1 saturated heterocycles. The van der Waals surface area contributed by atoms with E-state index in [2.05, 4.69) is 27.1 Å². The van der Waals surface area contributed by atoms with Crippen LogP contribution in [-0.4, -0.2) is 53.6 Å². The van der Waals surface area contributed by atoms with Crippen molar-refractivity contribution in [3.8, 4) is 0 Å². The first-order valence-corrected chi connectivity index (χ1v) is 8.25. The number of carbonyl (C=O) groups is 1. The summed E-state index contributed by atoms with van der Waals surface area (Å²) in [4.78, 5) is 24.7. The van der Waals surface area contributed by atoms with Gasteiger partial charge in [0.15, 0.2) is 0 Å². The Morgan fingerprint density at radius 3 is 2.68 bits per heavy atom. The van der Waals surface area contributed by atoms with Gasteiger partial charge in [0.25, 0.3) is 0 Å². The average molecular weight is 307 g/mol. The normalized spacial score (nSPS) is 15.6. The van der Waals surface area contributed by atoms with Crippen LogP contribution in [0.1, 0.15) is 40.5 Å². The third-order valence-corrected chi connectivity index (χ3v) is 4.22. The second-order valence-corrected chi connectivity index (χ2v) is 5.82. The number of unbranched alkanes of at least 4 members (excludes halogenated alkanes) is 2. The quantitative estimate of drug-likeness (QED) is 0.820. The van der Waals surface area contributed by atoms with E-state index in [1.54, 1.807) is 12.4 Å². The van der Waals surface area contributed by atoms with E-state index < -0.39 is 0 Å². The SMILES string of the molecule is CCCCCNC(=O)N(C)C1CCN(c2ncccn2)CC1.[HH]. The summed E-state index contributed by atoms with van der Waals surface area (Å²) >= 11 is 0. The Balaban J connectivity index is 0.00000264. The molecule has 0 bridgehead atoms. The first-order valence-electron chi connectivity index (χ1n) is 8.25. The van der Waals surface area contributed by atoms with Crippen molar-refractivity contribution in [3.05, 3.63) is 18.5 Å². The van der Waals surface area contributed by atoms with E-state index in [0.717, 1.165) is 44.8 Å². The number of amides is 2. The summed E-state index contributed by atoms with van der Waals surface area (Å²) in [6, 6.07) is 2.17. The zero-order chi connectivity index (χ0) is 15.8. The van der Waals surface area contributed by atoms with Gasteiger partial charge in [0.1, 0.15) is 0 Å². The lowest BCUT2D eigenvalue weighted by Crippen LogP contribution is -2.49. The second kappa shape index (κ2) is 8.56. The predicted octanol–water partition coefficient (Wildman–Crippen LogP) is 2.52. The molecular weight excluding hydrogens is 278 g/mol. The molecule has 2 heterocycles. The van der Waals surface area contributed by atoms with Crippen molar-refractivity contribution in [1.82, 2.24) is 20.2 Å². The molecule has 1 aliphatic rings. The van der Waals surface area contributed by atoms with Crippen LogP contribution in [0.4, 0.5) is 10.7 Å². The van der Waals surface area contributed by atoms with Gasteiger partial charge in [0.05, 0.1) is 0 Å². The molecule has 0 aromatic carbocycles. The topological polar surface area (TPSA) is 61.4 Å². The highest BCUT2D eigenvalue weighted by Gasteiger charge is 2.26. The number of urea groups is 1. The lowest BCUT2D eigenvalue weighted by Gasteiger charge is -2.36. The smallest absolute Gasteiger partial charge is 0.317 e. The molecule has 6 heteroatoms. The highest BCUT2D eigenvalue weighted by molar-refractivity contribution is 5.74. The fraction of sp³-hybridized carbons (Fsp3) is 0.688. The largest absolute Gasteiger partial charge is 0.341 e. The van der Waals surface area contributed by atoms with Crippen LogP contribution in [0.15, 0.2) is 18.5 Å². The highest BCUT2D eigenvalue weighted by atomic mass is 16.2. The first-order chi connectivity index (χ1) is 10.7. The van der Waals surface area contributed by atoms with Gasteiger partial charge in [-0.15, -0.1) is 0 Å². The van der Waals surface area contributed by atoms with Gasteiger partial charge in [0, 0.05) is 46.5 Å². The van der Waals surface area contributed by atoms with Crippen molar-refractivity contribution in [3.63, 3.8) is 0 Å². The maximum absolute atomic E-state index is 12.1. The van der Waals surface area contributed by atoms with Crippen molar-refractivity contribution in [1.29, 1.82) is 0 Å². The van der Waals surface area contributed by atoms with Gasteiger partial charge in [-0.3, -0.25) is 0 Å². The molecule has 22 heavy (non-hydrogen) atoms. The molecule has 0 saturated carbocycles. The lowest BCUT2D eigenvalue weighted by atomic mass is 10.0. The van der Waals surface area contributed by atoms with Crippen LogP contribution in [0, 0.1) is 0 Å². The Morgan fingerprint density at radius 2 is 2.05 bits per heavy atom. The van der Waals surface area contributed by atoms with E-state index in [4.69, 9.17) is 0 Å². The number of piperidine rings is 1. The first kappa shape index (κ1) is 16.5. The van der Waals surface area contributed by atoms with Gasteiger partial charge in [-0.1, -0.05) is 19.8 Å². The molecule has 1 aliphatic heterocycles. The van der Waals surface area contributed by atoms with Gasteiger partial charge in [0.2, 0.25) is 5.95 Å². The van der Waals surface area contributed by atoms with Gasteiger partial charge in [-0.05, 0) is 25.3 Å². The number of hydrogen-bond donors (Lipinski definition) is 1. The number of aromatic nitrogens is 2. The van der Waals surface area contributed by atoms with Gasteiger partial charge in [-0.25, -0.2) is 14.8 Å². The van der Waals surface area contributed by atoms with Gasteiger partial charge < -0.3 is 15.1 Å². The molecule has 0 radical (unpaired) electrons. The third-order valence-electron chi connectivity index (χ3n) is 4.22. The molecule has 1 fully saturated rings. The molecule has 1 aromatic heterocycles. The molecule has 1 N–H and O–H groups in total. The number of rotatable bonds is 6. The van der Waals surface area contributed by atoms with Crippen LogP contribution in [-0.2, 0) is 0 Å². The second-order valence-electron chi connectivity index (χ2n) is 5.82. The van der Waals surface area contributed by atoms with E-state index in [-0.39, 0.29) is 7.46 Å². The summed E-state index contributed by atoms with van der Waals surface area (Å²) in [6.45, 7) is 4.72. The summed E-state index contributed by atoms with van der Waals surface area (Å²) in [5.74, 6) is 0.785. The molecule has 2 amide bonds. The molecular formula is C16H29N5O. The zero-order valence-electron chi connectivity index (χ0n) is 13.7. The highest BCUT2D eigenvalue weighted by Crippen LogP contribution is 2.18. The Bertz CT molecular complexity index is 451. The number of nitrogens with one attached hydrogen (secondary N) is 1. The maximum Gasteiger partial charge on any atom is 0.317 e. The number of carbonyl (C=O) groups excluding carboxylic acids is 1. The third kappa shape index (κ3) is 4.58. The van der Waals surface area contributed by atoms with Crippen molar-refractivity contribution in [2.24, 2.45) is 0 Å². The Kier molecular flexibility index (Phi) is 6.43. The fourth-order valence-corrected chi connectivity index (χ4v) is 2.77. The minimum absolute atomic E-state index is 0. The molecule has 0 aliphatic carbocycles. The molecule has 0 spiro atoms. The number of hydrogen-bond acceptors (Lipinski definition) is 4. The predicted molar refractivity (Wildman–Crippen MR) is 90.1 cm³/mol. The van der Waals surface area contributed by atoms with Crippen molar-refractivity contribution >= 4 is 12.0 Å². The number of anilines is 1. The van der Waals surface area contributed by atoms with E-state index in [1.807, 2.05) is 18.0 Å². The van der Waals surface area contributed by atoms with E-state index in [9.17, 15) is 4.79 Å². The zero-order valence-corrected chi connectivity index (χ0v) is 13.7. The van der Waals surface area contributed by atoms with Crippen LogP contribution < -0.4 is 10.2 Å². The van der Waals surface area contributed by atoms with Crippen LogP contribution in [0.5, 0.6) is 0 Å². The fourth-order valence-electron chi connectivity index (χ4n) is 2.77. The molecule has 0 unspecified atom stereocenters. The van der Waals surface area contributed by atoms with E-state index in [1.165, 1.54) is 12.8 Å². The van der Waals surface area contributed by atoms with Crippen LogP contribution in [0.25, 0.3) is 0 Å². The molecule has 1 aromatic rings. The summed E-state index contributed by atoms with van der Waals surface area (Å²) in [5, 5.41) is 3.01. The van der Waals surface area contributed by atoms with Gasteiger partial charge >= 0.3 is 6.03 Å². The Labute approximate surface area is 134 Å². The van der Waals surface area contributed by atoms with Crippen LogP contribution in [0.2, 0.25) is 0 Å². The molecule has 124 valence electrons. The van der Waals surface area contributed by atoms with E-state index >= 15 is 0 Å². The minimum Gasteiger partial charge on any atom is -0.341 e. The molecule has 2 rings (SSSR count). The summed E-state index contributed by atoms with van der Waals surface area (Å²) < 4.78 is 0. The Hall–Kier alpha value is -1.85. The monoisotopic (exact) mass is 307 g/mol.